The molecule has 0 bridgehead atoms. The van der Waals surface area contributed by atoms with Crippen LogP contribution in [0.1, 0.15) is 24.8 Å². The van der Waals surface area contributed by atoms with E-state index in [1.807, 2.05) is 13.1 Å². The van der Waals surface area contributed by atoms with Crippen molar-refractivity contribution in [2.24, 2.45) is 0 Å². The Morgan fingerprint density at radius 2 is 2.16 bits per heavy atom. The van der Waals surface area contributed by atoms with Gasteiger partial charge in [-0.3, -0.25) is 0 Å². The molecule has 0 amide bonds. The third-order valence-corrected chi connectivity index (χ3v) is 5.43. The first kappa shape index (κ1) is 14.0. The normalized spacial score (nSPS) is 16.1. The number of hydrogen-bond acceptors (Lipinski definition) is 4. The summed E-state index contributed by atoms with van der Waals surface area (Å²) in [6.07, 6.45) is 3.58. The van der Waals surface area contributed by atoms with E-state index in [4.69, 9.17) is 5.26 Å². The Labute approximate surface area is 114 Å². The highest BCUT2D eigenvalue weighted by atomic mass is 32.2. The number of hydrogen-bond donors (Lipinski definition) is 0. The Hall–Kier alpha value is -1.38. The fourth-order valence-corrected chi connectivity index (χ4v) is 3.51. The van der Waals surface area contributed by atoms with E-state index in [-0.39, 0.29) is 10.6 Å². The fraction of sp³-hybridized carbons (Fsp3) is 0.500. The smallest absolute Gasteiger partial charge is 0.179 e. The van der Waals surface area contributed by atoms with E-state index in [1.54, 1.807) is 18.2 Å². The van der Waals surface area contributed by atoms with Gasteiger partial charge in [0.2, 0.25) is 0 Å². The largest absolute Gasteiger partial charge is 0.302 e. The molecule has 19 heavy (non-hydrogen) atoms. The lowest BCUT2D eigenvalue weighted by Crippen LogP contribution is -2.39. The number of sulfone groups is 1. The molecular weight excluding hydrogens is 260 g/mol. The maximum Gasteiger partial charge on any atom is 0.179 e. The molecule has 1 aliphatic rings. The number of rotatable bonds is 5. The summed E-state index contributed by atoms with van der Waals surface area (Å²) in [6, 6.07) is 8.73. The standard InChI is InChI=1S/C14H18N2O2S/c1-16(13-5-3-6-13)8-9-19(17,18)14-7-2-4-12(10-14)11-15/h2,4,7,10,13H,3,5-6,8-9H2,1H3. The Kier molecular flexibility index (Phi) is 4.23. The van der Waals surface area contributed by atoms with E-state index >= 15 is 0 Å². The van der Waals surface area contributed by atoms with Crippen LogP contribution in [0.5, 0.6) is 0 Å². The van der Waals surface area contributed by atoms with E-state index in [9.17, 15) is 8.42 Å². The first-order valence-electron chi connectivity index (χ1n) is 6.46. The minimum Gasteiger partial charge on any atom is -0.302 e. The highest BCUT2D eigenvalue weighted by Crippen LogP contribution is 2.23. The molecule has 0 heterocycles. The van der Waals surface area contributed by atoms with Crippen molar-refractivity contribution in [3.05, 3.63) is 29.8 Å². The van der Waals surface area contributed by atoms with Crippen LogP contribution in [0.4, 0.5) is 0 Å². The van der Waals surface area contributed by atoms with Gasteiger partial charge in [-0.1, -0.05) is 12.5 Å². The van der Waals surface area contributed by atoms with Crippen molar-refractivity contribution in [3.8, 4) is 6.07 Å². The molecule has 0 atom stereocenters. The third-order valence-electron chi connectivity index (χ3n) is 3.73. The lowest BCUT2D eigenvalue weighted by molar-refractivity contribution is 0.168. The summed E-state index contributed by atoms with van der Waals surface area (Å²) in [4.78, 5) is 2.36. The van der Waals surface area contributed by atoms with Gasteiger partial charge in [0.05, 0.1) is 22.3 Å². The summed E-state index contributed by atoms with van der Waals surface area (Å²) in [6.45, 7) is 0.545. The highest BCUT2D eigenvalue weighted by Gasteiger charge is 2.23. The van der Waals surface area contributed by atoms with Gasteiger partial charge in [-0.15, -0.1) is 0 Å². The summed E-state index contributed by atoms with van der Waals surface area (Å²) in [5.74, 6) is 0.106. The molecule has 102 valence electrons. The van der Waals surface area contributed by atoms with Crippen molar-refractivity contribution in [2.45, 2.75) is 30.2 Å². The van der Waals surface area contributed by atoms with Gasteiger partial charge in [0.15, 0.2) is 9.84 Å². The number of nitriles is 1. The van der Waals surface area contributed by atoms with Crippen LogP contribution in [0.15, 0.2) is 29.2 Å². The first-order valence-corrected chi connectivity index (χ1v) is 8.11. The quantitative estimate of drug-likeness (QED) is 0.824. The van der Waals surface area contributed by atoms with Crippen molar-refractivity contribution in [3.63, 3.8) is 0 Å². The van der Waals surface area contributed by atoms with Gasteiger partial charge in [0.1, 0.15) is 0 Å². The van der Waals surface area contributed by atoms with Crippen LogP contribution < -0.4 is 0 Å². The molecule has 1 fully saturated rings. The van der Waals surface area contributed by atoms with Crippen LogP contribution in [-0.4, -0.2) is 38.7 Å². The molecule has 4 nitrogen and oxygen atoms in total. The molecule has 5 heteroatoms. The molecule has 1 aromatic carbocycles. The second-order valence-corrected chi connectivity index (χ2v) is 7.13. The molecule has 0 radical (unpaired) electrons. The Bertz CT molecular complexity index is 586. The summed E-state index contributed by atoms with van der Waals surface area (Å²) < 4.78 is 24.4. The van der Waals surface area contributed by atoms with Crippen LogP contribution in [0.2, 0.25) is 0 Å². The van der Waals surface area contributed by atoms with Crippen molar-refractivity contribution in [2.75, 3.05) is 19.3 Å². The molecule has 2 rings (SSSR count). The van der Waals surface area contributed by atoms with Gasteiger partial charge in [-0.25, -0.2) is 8.42 Å². The van der Waals surface area contributed by atoms with E-state index in [0.717, 1.165) is 0 Å². The summed E-state index contributed by atoms with van der Waals surface area (Å²) in [5, 5.41) is 8.81. The van der Waals surface area contributed by atoms with Gasteiger partial charge in [0.25, 0.3) is 0 Å². The molecule has 0 spiro atoms. The topological polar surface area (TPSA) is 61.2 Å². The second kappa shape index (κ2) is 5.72. The molecular formula is C14H18N2O2S. The number of nitrogens with zero attached hydrogens (tertiary/aromatic N) is 2. The minimum atomic E-state index is -3.30. The van der Waals surface area contributed by atoms with Crippen molar-refractivity contribution in [1.82, 2.24) is 4.90 Å². The lowest BCUT2D eigenvalue weighted by atomic mass is 9.92. The average Bonchev–Trinajstić information content (AvgIpc) is 2.34. The Balaban J connectivity index is 2.03. The summed E-state index contributed by atoms with van der Waals surface area (Å²) in [7, 11) is -1.32. The predicted octanol–water partition coefficient (Wildman–Crippen LogP) is 1.82. The van der Waals surface area contributed by atoms with Gasteiger partial charge in [-0.05, 0) is 38.1 Å². The molecule has 0 saturated heterocycles. The second-order valence-electron chi connectivity index (χ2n) is 5.02. The monoisotopic (exact) mass is 278 g/mol. The van der Waals surface area contributed by atoms with Crippen molar-refractivity contribution >= 4 is 9.84 Å². The van der Waals surface area contributed by atoms with Crippen LogP contribution in [0.25, 0.3) is 0 Å². The van der Waals surface area contributed by atoms with E-state index < -0.39 is 9.84 Å². The van der Waals surface area contributed by atoms with Gasteiger partial charge < -0.3 is 4.90 Å². The van der Waals surface area contributed by atoms with Crippen LogP contribution in [0, 0.1) is 11.3 Å². The maximum absolute atomic E-state index is 12.2. The Morgan fingerprint density at radius 3 is 2.74 bits per heavy atom. The van der Waals surface area contributed by atoms with E-state index in [0.29, 0.717) is 18.2 Å². The zero-order valence-corrected chi connectivity index (χ0v) is 11.9. The van der Waals surface area contributed by atoms with E-state index in [1.165, 1.54) is 25.3 Å². The Morgan fingerprint density at radius 1 is 1.42 bits per heavy atom. The zero-order valence-electron chi connectivity index (χ0n) is 11.0. The SMILES string of the molecule is CN(CCS(=O)(=O)c1cccc(C#N)c1)C1CCC1. The highest BCUT2D eigenvalue weighted by molar-refractivity contribution is 7.91. The first-order chi connectivity index (χ1) is 9.03. The van der Waals surface area contributed by atoms with Crippen LogP contribution in [-0.2, 0) is 9.84 Å². The fourth-order valence-electron chi connectivity index (χ4n) is 2.15. The minimum absolute atomic E-state index is 0.106. The third kappa shape index (κ3) is 3.34. The molecule has 0 N–H and O–H groups in total. The molecule has 0 aromatic heterocycles. The van der Waals surface area contributed by atoms with Gasteiger partial charge in [-0.2, -0.15) is 5.26 Å². The predicted molar refractivity (Wildman–Crippen MR) is 73.5 cm³/mol. The van der Waals surface area contributed by atoms with Crippen molar-refractivity contribution < 1.29 is 8.42 Å². The van der Waals surface area contributed by atoms with E-state index in [2.05, 4.69) is 4.90 Å². The van der Waals surface area contributed by atoms with Crippen LogP contribution >= 0.6 is 0 Å². The summed E-state index contributed by atoms with van der Waals surface area (Å²) in [5.41, 5.74) is 0.383. The maximum atomic E-state index is 12.2. The molecule has 1 aromatic rings. The molecule has 1 aliphatic carbocycles. The van der Waals surface area contributed by atoms with Gasteiger partial charge in [0, 0.05) is 12.6 Å². The molecule has 0 unspecified atom stereocenters. The summed E-state index contributed by atoms with van der Waals surface area (Å²) >= 11 is 0. The van der Waals surface area contributed by atoms with Gasteiger partial charge >= 0.3 is 0 Å². The number of benzene rings is 1. The zero-order chi connectivity index (χ0) is 13.9. The molecule has 1 saturated carbocycles. The van der Waals surface area contributed by atoms with Crippen molar-refractivity contribution in [1.29, 1.82) is 5.26 Å². The molecule has 0 aliphatic heterocycles. The van der Waals surface area contributed by atoms with Crippen LogP contribution in [0.3, 0.4) is 0 Å². The lowest BCUT2D eigenvalue weighted by Gasteiger charge is -2.34. The average molecular weight is 278 g/mol.